The smallest absolute Gasteiger partial charge is 0.870 e. The summed E-state index contributed by atoms with van der Waals surface area (Å²) >= 11 is 0. The molecule has 0 bridgehead atoms. The van der Waals surface area contributed by atoms with Gasteiger partial charge in [-0.15, -0.1) is 0 Å². The van der Waals surface area contributed by atoms with Crippen molar-refractivity contribution in [2.75, 3.05) is 5.32 Å². The molecule has 0 aliphatic heterocycles. The Bertz CT molecular complexity index is 1260. The summed E-state index contributed by atoms with van der Waals surface area (Å²) in [6, 6.07) is 6.79. The molecule has 0 radical (unpaired) electrons. The quantitative estimate of drug-likeness (QED) is 0.333. The maximum Gasteiger partial charge on any atom is 1.00 e. The van der Waals surface area contributed by atoms with Crippen LogP contribution in [0.2, 0.25) is 0 Å². The molecular formula is C21H16F2N4Na2O5. The first-order valence-corrected chi connectivity index (χ1v) is 9.21. The molecule has 13 heteroatoms. The second-order valence-electron chi connectivity index (χ2n) is 6.79. The van der Waals surface area contributed by atoms with Gasteiger partial charge in [0.2, 0.25) is 0 Å². The minimum atomic E-state index is -1.49. The monoisotopic (exact) mass is 488 g/mol. The summed E-state index contributed by atoms with van der Waals surface area (Å²) < 4.78 is 28.2. The summed E-state index contributed by atoms with van der Waals surface area (Å²) in [6.45, 7) is 0. The fraction of sp³-hybridized carbons (Fsp3) is 0.143. The fourth-order valence-electron chi connectivity index (χ4n) is 3.01. The molecule has 0 unspecified atom stereocenters. The van der Waals surface area contributed by atoms with Crippen molar-refractivity contribution in [1.82, 2.24) is 15.1 Å². The van der Waals surface area contributed by atoms with Gasteiger partial charge in [0.25, 0.3) is 5.56 Å². The van der Waals surface area contributed by atoms with Crippen molar-refractivity contribution in [3.8, 4) is 16.9 Å². The second kappa shape index (κ2) is 13.0. The molecular weight excluding hydrogens is 472 g/mol. The zero-order valence-electron chi connectivity index (χ0n) is 18.6. The van der Waals surface area contributed by atoms with Crippen LogP contribution in [0.4, 0.5) is 19.3 Å². The van der Waals surface area contributed by atoms with E-state index in [1.54, 1.807) is 0 Å². The van der Waals surface area contributed by atoms with E-state index in [0.717, 1.165) is 16.9 Å². The van der Waals surface area contributed by atoms with Crippen molar-refractivity contribution >= 4 is 17.7 Å². The Kier molecular flexibility index (Phi) is 11.4. The predicted molar refractivity (Wildman–Crippen MR) is 105 cm³/mol. The first kappa shape index (κ1) is 29.8. The molecule has 1 heterocycles. The molecule has 2 N–H and O–H groups in total. The summed E-state index contributed by atoms with van der Waals surface area (Å²) in [4.78, 5) is 35.6. The van der Waals surface area contributed by atoms with Crippen LogP contribution >= 0.6 is 0 Å². The van der Waals surface area contributed by atoms with Gasteiger partial charge >= 0.3 is 65.1 Å². The van der Waals surface area contributed by atoms with Crippen LogP contribution in [0.1, 0.15) is 18.0 Å². The number of carbonyl (C=O) groups excluding carboxylic acids is 2. The number of benzene rings is 2. The summed E-state index contributed by atoms with van der Waals surface area (Å²) in [6.07, 6.45) is 0.192. The average Bonchev–Trinajstić information content (AvgIpc) is 2.73. The number of nitrogens with one attached hydrogen (secondary N) is 2. The Morgan fingerprint density at radius 2 is 1.85 bits per heavy atom. The Labute approximate surface area is 236 Å². The normalized spacial score (nSPS) is 10.9. The van der Waals surface area contributed by atoms with Gasteiger partial charge in [-0.3, -0.25) is 4.79 Å². The molecule has 0 saturated heterocycles. The molecule has 2 aromatic carbocycles. The number of anilines is 1. The van der Waals surface area contributed by atoms with Crippen LogP contribution in [-0.4, -0.2) is 21.8 Å². The Morgan fingerprint density at radius 3 is 2.50 bits per heavy atom. The number of urea groups is 1. The van der Waals surface area contributed by atoms with Crippen LogP contribution in [0.5, 0.6) is 5.75 Å². The fourth-order valence-corrected chi connectivity index (χ4v) is 3.01. The molecule has 0 aliphatic rings. The number of hydrogen-bond donors (Lipinski definition) is 2. The first-order valence-electron chi connectivity index (χ1n) is 9.21. The van der Waals surface area contributed by atoms with Gasteiger partial charge in [0.15, 0.2) is 0 Å². The maximum absolute atomic E-state index is 14.1. The number of carbonyl (C=O) groups is 2. The van der Waals surface area contributed by atoms with Crippen LogP contribution in [0, 0.1) is 11.6 Å². The molecule has 34 heavy (non-hydrogen) atoms. The van der Waals surface area contributed by atoms with E-state index in [2.05, 4.69) is 15.7 Å². The van der Waals surface area contributed by atoms with Gasteiger partial charge in [0.05, 0.1) is 6.04 Å². The van der Waals surface area contributed by atoms with Crippen molar-refractivity contribution in [2.45, 2.75) is 12.5 Å². The number of rotatable bonds is 6. The van der Waals surface area contributed by atoms with Crippen LogP contribution in [0.15, 0.2) is 53.5 Å². The first-order chi connectivity index (χ1) is 15.2. The van der Waals surface area contributed by atoms with E-state index in [9.17, 15) is 33.4 Å². The number of carboxylic acid groups (broad SMARTS) is 1. The molecule has 3 rings (SSSR count). The standard InChI is InChI=1S/C21H18F2N4O5.2Na/c1-27-20(31)19(17(28)10-24-27)26-21(32)25-16(9-18(29)30)12-4-2-3-11(7-12)14-6-5-13(22)8-15(14)23;;/h2-8,10,16,28H,9H2,1H3,(H,29,30)(H2,25,26,32);;/q;2*+1/p-2/t16-;;/m0../s1. The van der Waals surface area contributed by atoms with Crippen molar-refractivity contribution in [2.24, 2.45) is 7.05 Å². The Hall–Kier alpha value is -2.28. The Morgan fingerprint density at radius 1 is 1.15 bits per heavy atom. The summed E-state index contributed by atoms with van der Waals surface area (Å²) in [5, 5.41) is 31.0. The molecule has 0 saturated carbocycles. The van der Waals surface area contributed by atoms with Crippen LogP contribution in [0.3, 0.4) is 0 Å². The van der Waals surface area contributed by atoms with Gasteiger partial charge in [-0.25, -0.2) is 18.3 Å². The second-order valence-corrected chi connectivity index (χ2v) is 6.79. The number of nitrogens with zero attached hydrogens (tertiary/aromatic N) is 2. The number of hydrogen-bond acceptors (Lipinski definition) is 6. The van der Waals surface area contributed by atoms with Crippen molar-refractivity contribution in [3.05, 3.63) is 76.2 Å². The van der Waals surface area contributed by atoms with Crippen molar-refractivity contribution in [1.29, 1.82) is 0 Å². The molecule has 166 valence electrons. The molecule has 1 atom stereocenters. The molecule has 3 aromatic rings. The average molecular weight is 488 g/mol. The minimum absolute atomic E-state index is 0. The minimum Gasteiger partial charge on any atom is -0.870 e. The van der Waals surface area contributed by atoms with Gasteiger partial charge in [0.1, 0.15) is 17.3 Å². The zero-order valence-corrected chi connectivity index (χ0v) is 22.6. The maximum atomic E-state index is 14.1. The van der Waals surface area contributed by atoms with E-state index in [4.69, 9.17) is 0 Å². The van der Waals surface area contributed by atoms with Gasteiger partial charge in [-0.2, -0.15) is 5.10 Å². The number of amides is 2. The third-order valence-electron chi connectivity index (χ3n) is 4.55. The SMILES string of the molecule is Cn1ncc([O-])c(NC(=O)N[C@@H](CC(=O)[O-])c2cccc(-c3ccc(F)cc3F)c2)c1=O.[Na+].[Na+]. The van der Waals surface area contributed by atoms with Gasteiger partial charge < -0.3 is 25.6 Å². The predicted octanol–water partition coefficient (Wildman–Crippen LogP) is -5.19. The third-order valence-corrected chi connectivity index (χ3v) is 4.55. The molecule has 0 aliphatic carbocycles. The van der Waals surface area contributed by atoms with E-state index in [0.29, 0.717) is 11.6 Å². The van der Waals surface area contributed by atoms with Gasteiger partial charge in [-0.05, 0) is 29.3 Å². The van der Waals surface area contributed by atoms with E-state index in [1.165, 1.54) is 37.4 Å². The van der Waals surface area contributed by atoms with Crippen LogP contribution in [0.25, 0.3) is 11.1 Å². The largest absolute Gasteiger partial charge is 1.00 e. The van der Waals surface area contributed by atoms with Crippen LogP contribution in [-0.2, 0) is 11.8 Å². The van der Waals surface area contributed by atoms with E-state index in [-0.39, 0.29) is 70.2 Å². The van der Waals surface area contributed by atoms with Gasteiger partial charge in [0, 0.05) is 37.3 Å². The van der Waals surface area contributed by atoms with E-state index >= 15 is 0 Å². The number of halogens is 2. The third kappa shape index (κ3) is 7.36. The summed E-state index contributed by atoms with van der Waals surface area (Å²) in [5.74, 6) is -3.89. The van der Waals surface area contributed by atoms with Crippen molar-refractivity contribution in [3.63, 3.8) is 0 Å². The Balaban J connectivity index is 0.00000289. The molecule has 9 nitrogen and oxygen atoms in total. The van der Waals surface area contributed by atoms with Gasteiger partial charge in [-0.1, -0.05) is 23.9 Å². The number of aliphatic carboxylic acids is 1. The van der Waals surface area contributed by atoms with E-state index in [1.807, 2.05) is 0 Å². The zero-order chi connectivity index (χ0) is 23.4. The van der Waals surface area contributed by atoms with E-state index < -0.39 is 53.1 Å². The molecule has 1 aromatic heterocycles. The molecule has 2 amide bonds. The summed E-state index contributed by atoms with van der Waals surface area (Å²) in [5.41, 5.74) is -0.751. The number of aromatic nitrogens is 2. The molecule has 0 spiro atoms. The number of carboxylic acids is 1. The molecule has 0 fully saturated rings. The summed E-state index contributed by atoms with van der Waals surface area (Å²) in [7, 11) is 1.28. The topological polar surface area (TPSA) is 139 Å². The van der Waals surface area contributed by atoms with Crippen molar-refractivity contribution < 1.29 is 87.7 Å². The van der Waals surface area contributed by atoms with Crippen LogP contribution < -0.4 is 85.5 Å². The number of aryl methyl sites for hydroxylation is 1.